The lowest BCUT2D eigenvalue weighted by atomic mass is 9.90. The van der Waals surface area contributed by atoms with E-state index in [4.69, 9.17) is 0 Å². The number of hydrogen-bond donors (Lipinski definition) is 2. The fourth-order valence-electron chi connectivity index (χ4n) is 2.45. The van der Waals surface area contributed by atoms with Gasteiger partial charge in [0.2, 0.25) is 5.91 Å². The highest BCUT2D eigenvalue weighted by Crippen LogP contribution is 2.25. The van der Waals surface area contributed by atoms with Gasteiger partial charge < -0.3 is 10.6 Å². The van der Waals surface area contributed by atoms with Crippen LogP contribution in [0.2, 0.25) is 0 Å². The van der Waals surface area contributed by atoms with E-state index < -0.39 is 0 Å². The van der Waals surface area contributed by atoms with Gasteiger partial charge in [0.15, 0.2) is 0 Å². The Bertz CT molecular complexity index is 605. The van der Waals surface area contributed by atoms with Crippen LogP contribution < -0.4 is 10.6 Å². The van der Waals surface area contributed by atoms with Crippen LogP contribution in [0.25, 0.3) is 0 Å². The SMILES string of the molecule is Cn1cc(NC(=O)C2CNCc3ccccc32)cn1. The van der Waals surface area contributed by atoms with E-state index in [-0.39, 0.29) is 11.8 Å². The van der Waals surface area contributed by atoms with Gasteiger partial charge in [-0.3, -0.25) is 9.48 Å². The molecule has 2 heterocycles. The molecule has 0 bridgehead atoms. The second-order valence-electron chi connectivity index (χ2n) is 4.77. The minimum Gasteiger partial charge on any atom is -0.323 e. The number of hydrogen-bond acceptors (Lipinski definition) is 3. The van der Waals surface area contributed by atoms with Crippen LogP contribution in [-0.4, -0.2) is 22.2 Å². The van der Waals surface area contributed by atoms with Crippen LogP contribution in [0.5, 0.6) is 0 Å². The van der Waals surface area contributed by atoms with Crippen LogP contribution in [0, 0.1) is 0 Å². The largest absolute Gasteiger partial charge is 0.323 e. The molecule has 98 valence electrons. The zero-order valence-electron chi connectivity index (χ0n) is 10.8. The number of nitrogens with one attached hydrogen (secondary N) is 2. The van der Waals surface area contributed by atoms with Gasteiger partial charge in [0.05, 0.1) is 17.8 Å². The summed E-state index contributed by atoms with van der Waals surface area (Å²) >= 11 is 0. The zero-order chi connectivity index (χ0) is 13.2. The molecule has 1 aromatic heterocycles. The van der Waals surface area contributed by atoms with Gasteiger partial charge in [-0.15, -0.1) is 0 Å². The Morgan fingerprint density at radius 3 is 3.11 bits per heavy atom. The zero-order valence-corrected chi connectivity index (χ0v) is 10.8. The number of fused-ring (bicyclic) bond motifs is 1. The van der Waals surface area contributed by atoms with Gasteiger partial charge in [-0.05, 0) is 11.1 Å². The molecule has 0 saturated carbocycles. The van der Waals surface area contributed by atoms with Crippen LogP contribution in [0.3, 0.4) is 0 Å². The molecule has 3 rings (SSSR count). The lowest BCUT2D eigenvalue weighted by Gasteiger charge is -2.25. The van der Waals surface area contributed by atoms with Crippen molar-refractivity contribution < 1.29 is 4.79 Å². The fraction of sp³-hybridized carbons (Fsp3) is 0.286. The molecule has 0 radical (unpaired) electrons. The van der Waals surface area contributed by atoms with Crippen molar-refractivity contribution in [3.63, 3.8) is 0 Å². The maximum atomic E-state index is 12.4. The number of aromatic nitrogens is 2. The molecular weight excluding hydrogens is 240 g/mol. The third-order valence-electron chi connectivity index (χ3n) is 3.38. The molecule has 0 saturated heterocycles. The number of rotatable bonds is 2. The van der Waals surface area contributed by atoms with Gasteiger partial charge in [-0.25, -0.2) is 0 Å². The number of nitrogens with zero attached hydrogens (tertiary/aromatic N) is 2. The molecule has 0 spiro atoms. The second-order valence-corrected chi connectivity index (χ2v) is 4.77. The normalized spacial score (nSPS) is 17.8. The van der Waals surface area contributed by atoms with Crippen molar-refractivity contribution in [3.8, 4) is 0 Å². The summed E-state index contributed by atoms with van der Waals surface area (Å²) in [5.41, 5.74) is 3.04. The topological polar surface area (TPSA) is 59.0 Å². The van der Waals surface area contributed by atoms with E-state index in [1.807, 2.05) is 25.2 Å². The lowest BCUT2D eigenvalue weighted by Crippen LogP contribution is -2.35. The first-order valence-corrected chi connectivity index (χ1v) is 6.32. The van der Waals surface area contributed by atoms with Crippen LogP contribution in [0.15, 0.2) is 36.7 Å². The molecule has 0 aliphatic carbocycles. The van der Waals surface area contributed by atoms with Gasteiger partial charge in [0, 0.05) is 26.3 Å². The van der Waals surface area contributed by atoms with Crippen LogP contribution in [0.4, 0.5) is 5.69 Å². The minimum atomic E-state index is -0.148. The van der Waals surface area contributed by atoms with Crippen LogP contribution in [-0.2, 0) is 18.4 Å². The van der Waals surface area contributed by atoms with Gasteiger partial charge in [0.1, 0.15) is 0 Å². The Morgan fingerprint density at radius 1 is 1.47 bits per heavy atom. The molecule has 19 heavy (non-hydrogen) atoms. The van der Waals surface area contributed by atoms with Gasteiger partial charge >= 0.3 is 0 Å². The lowest BCUT2D eigenvalue weighted by molar-refractivity contribution is -0.117. The summed E-state index contributed by atoms with van der Waals surface area (Å²) in [7, 11) is 1.83. The molecule has 1 aliphatic rings. The number of aryl methyl sites for hydroxylation is 1. The molecule has 1 atom stereocenters. The van der Waals surface area contributed by atoms with Crippen molar-refractivity contribution in [2.75, 3.05) is 11.9 Å². The van der Waals surface area contributed by atoms with E-state index in [1.165, 1.54) is 5.56 Å². The van der Waals surface area contributed by atoms with E-state index in [9.17, 15) is 4.79 Å². The average Bonchev–Trinajstić information content (AvgIpc) is 2.83. The summed E-state index contributed by atoms with van der Waals surface area (Å²) in [5, 5.41) is 10.2. The monoisotopic (exact) mass is 256 g/mol. The third kappa shape index (κ3) is 2.37. The summed E-state index contributed by atoms with van der Waals surface area (Å²) in [5.74, 6) is -0.141. The highest BCUT2D eigenvalue weighted by molar-refractivity contribution is 5.96. The van der Waals surface area contributed by atoms with E-state index in [2.05, 4.69) is 21.8 Å². The molecule has 1 unspecified atom stereocenters. The Morgan fingerprint density at radius 2 is 2.32 bits per heavy atom. The Labute approximate surface area is 111 Å². The van der Waals surface area contributed by atoms with Crippen LogP contribution >= 0.6 is 0 Å². The Kier molecular flexibility index (Phi) is 3.05. The van der Waals surface area contributed by atoms with Gasteiger partial charge in [-0.2, -0.15) is 5.10 Å². The molecular formula is C14H16N4O. The fourth-order valence-corrected chi connectivity index (χ4v) is 2.45. The van der Waals surface area contributed by atoms with Crippen molar-refractivity contribution in [2.45, 2.75) is 12.5 Å². The predicted molar refractivity (Wildman–Crippen MR) is 72.7 cm³/mol. The molecule has 1 aliphatic heterocycles. The van der Waals surface area contributed by atoms with E-state index >= 15 is 0 Å². The van der Waals surface area contributed by atoms with Gasteiger partial charge in [0.25, 0.3) is 0 Å². The van der Waals surface area contributed by atoms with E-state index in [0.29, 0.717) is 6.54 Å². The highest BCUT2D eigenvalue weighted by atomic mass is 16.1. The first-order chi connectivity index (χ1) is 9.24. The standard InChI is InChI=1S/C14H16N4O/c1-18-9-11(7-16-18)17-14(19)13-8-15-6-10-4-2-3-5-12(10)13/h2-5,7,9,13,15H,6,8H2,1H3,(H,17,19). The molecule has 1 amide bonds. The van der Waals surface area contributed by atoms with Crippen LogP contribution in [0.1, 0.15) is 17.0 Å². The molecule has 2 N–H and O–H groups in total. The quantitative estimate of drug-likeness (QED) is 0.850. The highest BCUT2D eigenvalue weighted by Gasteiger charge is 2.26. The molecule has 5 heteroatoms. The van der Waals surface area contributed by atoms with Crippen molar-refractivity contribution in [1.29, 1.82) is 0 Å². The predicted octanol–water partition coefficient (Wildman–Crippen LogP) is 1.25. The number of benzene rings is 1. The summed E-state index contributed by atoms with van der Waals surface area (Å²) in [6, 6.07) is 8.08. The van der Waals surface area contributed by atoms with E-state index in [1.54, 1.807) is 17.1 Å². The number of anilines is 1. The third-order valence-corrected chi connectivity index (χ3v) is 3.38. The average molecular weight is 256 g/mol. The maximum Gasteiger partial charge on any atom is 0.233 e. The minimum absolute atomic E-state index is 0.00708. The molecule has 0 fully saturated rings. The Balaban J connectivity index is 1.81. The van der Waals surface area contributed by atoms with Crippen molar-refractivity contribution in [3.05, 3.63) is 47.8 Å². The smallest absolute Gasteiger partial charge is 0.233 e. The summed E-state index contributed by atoms with van der Waals surface area (Å²) < 4.78 is 1.67. The van der Waals surface area contributed by atoms with Gasteiger partial charge in [-0.1, -0.05) is 24.3 Å². The summed E-state index contributed by atoms with van der Waals surface area (Å²) in [6.45, 7) is 1.50. The summed E-state index contributed by atoms with van der Waals surface area (Å²) in [4.78, 5) is 12.4. The molecule has 2 aromatic rings. The first kappa shape index (κ1) is 11.9. The number of amides is 1. The Hall–Kier alpha value is -2.14. The molecule has 5 nitrogen and oxygen atoms in total. The van der Waals surface area contributed by atoms with Crippen molar-refractivity contribution >= 4 is 11.6 Å². The number of carbonyl (C=O) groups excluding carboxylic acids is 1. The summed E-state index contributed by atoms with van der Waals surface area (Å²) in [6.07, 6.45) is 3.44. The maximum absolute atomic E-state index is 12.4. The van der Waals surface area contributed by atoms with Crippen molar-refractivity contribution in [1.82, 2.24) is 15.1 Å². The van der Waals surface area contributed by atoms with E-state index in [0.717, 1.165) is 17.8 Å². The first-order valence-electron chi connectivity index (χ1n) is 6.32. The number of carbonyl (C=O) groups is 1. The molecule has 1 aromatic carbocycles. The second kappa shape index (κ2) is 4.85. The van der Waals surface area contributed by atoms with Crippen molar-refractivity contribution in [2.24, 2.45) is 7.05 Å².